The molecule has 1 rings (SSSR count). The lowest BCUT2D eigenvalue weighted by atomic mass is 9.93. The molecule has 17 heavy (non-hydrogen) atoms. The molecule has 3 nitrogen and oxygen atoms in total. The van der Waals surface area contributed by atoms with Gasteiger partial charge in [-0.1, -0.05) is 24.3 Å². The molecule has 0 aromatic heterocycles. The van der Waals surface area contributed by atoms with Crippen molar-refractivity contribution in [2.75, 3.05) is 6.54 Å². The summed E-state index contributed by atoms with van der Waals surface area (Å²) in [5.74, 6) is -0.776. The van der Waals surface area contributed by atoms with Crippen LogP contribution >= 0.6 is 0 Å². The summed E-state index contributed by atoms with van der Waals surface area (Å²) >= 11 is 0. The molecule has 0 aliphatic heterocycles. The van der Waals surface area contributed by atoms with E-state index in [1.807, 2.05) is 12.1 Å². The fraction of sp³-hybridized carbons (Fsp3) is 0.500. The minimum atomic E-state index is -0.776. The molecule has 1 atom stereocenters. The van der Waals surface area contributed by atoms with Crippen LogP contribution in [0.15, 0.2) is 24.3 Å². The van der Waals surface area contributed by atoms with Crippen LogP contribution in [-0.4, -0.2) is 17.6 Å². The Morgan fingerprint density at radius 1 is 1.41 bits per heavy atom. The molecule has 2 N–H and O–H groups in total. The number of carboxylic acids is 1. The van der Waals surface area contributed by atoms with Crippen molar-refractivity contribution in [2.24, 2.45) is 5.41 Å². The SMILES string of the molecule is Cc1ccccc1[C@@H](C)NCC(C)(C)C(=O)O. The zero-order chi connectivity index (χ0) is 13.1. The predicted molar refractivity (Wildman–Crippen MR) is 69.0 cm³/mol. The molecule has 0 bridgehead atoms. The van der Waals surface area contributed by atoms with Crippen molar-refractivity contribution < 1.29 is 9.90 Å². The lowest BCUT2D eigenvalue weighted by Crippen LogP contribution is -2.37. The predicted octanol–water partition coefficient (Wildman–Crippen LogP) is 2.76. The van der Waals surface area contributed by atoms with Gasteiger partial charge in [0.2, 0.25) is 0 Å². The van der Waals surface area contributed by atoms with Crippen LogP contribution < -0.4 is 5.32 Å². The first kappa shape index (κ1) is 13.7. The lowest BCUT2D eigenvalue weighted by Gasteiger charge is -2.24. The number of nitrogens with one attached hydrogen (secondary N) is 1. The van der Waals surface area contributed by atoms with Crippen LogP contribution in [0.5, 0.6) is 0 Å². The summed E-state index contributed by atoms with van der Waals surface area (Å²) in [6.07, 6.45) is 0. The topological polar surface area (TPSA) is 49.3 Å². The number of rotatable bonds is 5. The number of aliphatic carboxylic acids is 1. The average Bonchev–Trinajstić information content (AvgIpc) is 2.26. The molecular formula is C14H21NO2. The largest absolute Gasteiger partial charge is 0.481 e. The number of carbonyl (C=O) groups is 1. The molecule has 1 aromatic carbocycles. The van der Waals surface area contributed by atoms with E-state index in [-0.39, 0.29) is 6.04 Å². The van der Waals surface area contributed by atoms with Gasteiger partial charge in [-0.3, -0.25) is 4.79 Å². The minimum absolute atomic E-state index is 0.162. The molecule has 0 saturated carbocycles. The fourth-order valence-electron chi connectivity index (χ4n) is 1.67. The first-order chi connectivity index (χ1) is 7.84. The van der Waals surface area contributed by atoms with Crippen molar-refractivity contribution in [2.45, 2.75) is 33.7 Å². The third kappa shape index (κ3) is 3.56. The molecule has 0 fully saturated rings. The second kappa shape index (κ2) is 5.32. The van der Waals surface area contributed by atoms with Gasteiger partial charge in [0.25, 0.3) is 0 Å². The maximum atomic E-state index is 11.0. The van der Waals surface area contributed by atoms with Crippen LogP contribution in [0.25, 0.3) is 0 Å². The molecule has 0 saturated heterocycles. The molecule has 0 spiro atoms. The van der Waals surface area contributed by atoms with Gasteiger partial charge in [0.1, 0.15) is 0 Å². The maximum absolute atomic E-state index is 11.0. The lowest BCUT2D eigenvalue weighted by molar-refractivity contribution is -0.146. The molecule has 3 heteroatoms. The van der Waals surface area contributed by atoms with E-state index < -0.39 is 11.4 Å². The fourth-order valence-corrected chi connectivity index (χ4v) is 1.67. The van der Waals surface area contributed by atoms with Gasteiger partial charge in [-0.2, -0.15) is 0 Å². The number of carboxylic acid groups (broad SMARTS) is 1. The van der Waals surface area contributed by atoms with E-state index in [1.54, 1.807) is 13.8 Å². The first-order valence-electron chi connectivity index (χ1n) is 5.87. The van der Waals surface area contributed by atoms with Gasteiger partial charge in [-0.25, -0.2) is 0 Å². The van der Waals surface area contributed by atoms with E-state index in [4.69, 9.17) is 5.11 Å². The second-order valence-corrected chi connectivity index (χ2v) is 5.15. The Bertz CT molecular complexity index is 399. The summed E-state index contributed by atoms with van der Waals surface area (Å²) in [5, 5.41) is 12.3. The van der Waals surface area contributed by atoms with Gasteiger partial charge < -0.3 is 10.4 Å². The summed E-state index contributed by atoms with van der Waals surface area (Å²) in [5.41, 5.74) is 1.70. The highest BCUT2D eigenvalue weighted by atomic mass is 16.4. The zero-order valence-corrected chi connectivity index (χ0v) is 10.9. The summed E-state index contributed by atoms with van der Waals surface area (Å²) in [4.78, 5) is 11.0. The van der Waals surface area contributed by atoms with Crippen molar-refractivity contribution in [3.8, 4) is 0 Å². The van der Waals surface area contributed by atoms with Gasteiger partial charge in [0.05, 0.1) is 5.41 Å². The van der Waals surface area contributed by atoms with E-state index in [9.17, 15) is 4.79 Å². The van der Waals surface area contributed by atoms with E-state index >= 15 is 0 Å². The standard InChI is InChI=1S/C14H21NO2/c1-10-7-5-6-8-12(10)11(2)15-9-14(3,4)13(16)17/h5-8,11,15H,9H2,1-4H3,(H,16,17)/t11-/m1/s1. The summed E-state index contributed by atoms with van der Waals surface area (Å²) < 4.78 is 0. The van der Waals surface area contributed by atoms with Gasteiger partial charge in [0.15, 0.2) is 0 Å². The van der Waals surface area contributed by atoms with Crippen LogP contribution in [0, 0.1) is 12.3 Å². The van der Waals surface area contributed by atoms with Crippen molar-refractivity contribution >= 4 is 5.97 Å². The van der Waals surface area contributed by atoms with E-state index in [1.165, 1.54) is 11.1 Å². The quantitative estimate of drug-likeness (QED) is 0.825. The van der Waals surface area contributed by atoms with Crippen LogP contribution in [0.3, 0.4) is 0 Å². The molecule has 0 heterocycles. The zero-order valence-electron chi connectivity index (χ0n) is 10.9. The van der Waals surface area contributed by atoms with Gasteiger partial charge in [0, 0.05) is 12.6 Å². The third-order valence-corrected chi connectivity index (χ3v) is 3.08. The highest BCUT2D eigenvalue weighted by molar-refractivity contribution is 5.73. The van der Waals surface area contributed by atoms with E-state index in [2.05, 4.69) is 31.3 Å². The van der Waals surface area contributed by atoms with Crippen LogP contribution in [-0.2, 0) is 4.79 Å². The van der Waals surface area contributed by atoms with Crippen LogP contribution in [0.2, 0.25) is 0 Å². The van der Waals surface area contributed by atoms with Crippen LogP contribution in [0.1, 0.15) is 37.9 Å². The van der Waals surface area contributed by atoms with Crippen molar-refractivity contribution in [3.05, 3.63) is 35.4 Å². The molecule has 0 aliphatic carbocycles. The normalized spacial score (nSPS) is 13.4. The number of hydrogen-bond donors (Lipinski definition) is 2. The Hall–Kier alpha value is -1.35. The number of hydrogen-bond acceptors (Lipinski definition) is 2. The highest BCUT2D eigenvalue weighted by Crippen LogP contribution is 2.19. The molecule has 0 radical (unpaired) electrons. The smallest absolute Gasteiger partial charge is 0.310 e. The summed E-state index contributed by atoms with van der Waals surface area (Å²) in [6.45, 7) is 8.04. The van der Waals surface area contributed by atoms with E-state index in [0.29, 0.717) is 6.54 Å². The number of benzene rings is 1. The van der Waals surface area contributed by atoms with E-state index in [0.717, 1.165) is 0 Å². The molecule has 0 amide bonds. The summed E-state index contributed by atoms with van der Waals surface area (Å²) in [6, 6.07) is 8.31. The second-order valence-electron chi connectivity index (χ2n) is 5.15. The number of aryl methyl sites for hydroxylation is 1. The maximum Gasteiger partial charge on any atom is 0.310 e. The highest BCUT2D eigenvalue weighted by Gasteiger charge is 2.27. The van der Waals surface area contributed by atoms with Crippen molar-refractivity contribution in [3.63, 3.8) is 0 Å². The monoisotopic (exact) mass is 235 g/mol. The molecular weight excluding hydrogens is 214 g/mol. The Balaban J connectivity index is 2.65. The molecule has 0 unspecified atom stereocenters. The molecule has 1 aromatic rings. The van der Waals surface area contributed by atoms with Gasteiger partial charge in [-0.05, 0) is 38.8 Å². The van der Waals surface area contributed by atoms with Crippen LogP contribution in [0.4, 0.5) is 0 Å². The molecule has 0 aliphatic rings. The first-order valence-corrected chi connectivity index (χ1v) is 5.87. The summed E-state index contributed by atoms with van der Waals surface area (Å²) in [7, 11) is 0. The Labute approximate surface area is 103 Å². The minimum Gasteiger partial charge on any atom is -0.481 e. The van der Waals surface area contributed by atoms with Gasteiger partial charge in [-0.15, -0.1) is 0 Å². The van der Waals surface area contributed by atoms with Crippen molar-refractivity contribution in [1.29, 1.82) is 0 Å². The average molecular weight is 235 g/mol. The third-order valence-electron chi connectivity index (χ3n) is 3.08. The Morgan fingerprint density at radius 2 is 2.00 bits per heavy atom. The van der Waals surface area contributed by atoms with Gasteiger partial charge >= 0.3 is 5.97 Å². The van der Waals surface area contributed by atoms with Crippen molar-refractivity contribution in [1.82, 2.24) is 5.32 Å². The Kier molecular flexibility index (Phi) is 4.29. The Morgan fingerprint density at radius 3 is 2.53 bits per heavy atom. The molecule has 94 valence electrons.